The van der Waals surface area contributed by atoms with E-state index in [4.69, 9.17) is 4.74 Å². The van der Waals surface area contributed by atoms with Crippen LogP contribution in [0.3, 0.4) is 0 Å². The summed E-state index contributed by atoms with van der Waals surface area (Å²) in [5.74, 6) is 0.834. The summed E-state index contributed by atoms with van der Waals surface area (Å²) >= 11 is 0. The average Bonchev–Trinajstić information content (AvgIpc) is 2.72. The second-order valence-corrected chi connectivity index (χ2v) is 4.51. The minimum atomic E-state index is -0.444. The maximum absolute atomic E-state index is 10.00. The Kier molecular flexibility index (Phi) is 3.38. The highest BCUT2D eigenvalue weighted by molar-refractivity contribution is 5.89. The smallest absolute Gasteiger partial charge is 0.129 e. The summed E-state index contributed by atoms with van der Waals surface area (Å²) in [5.41, 5.74) is 1.92. The highest BCUT2D eigenvalue weighted by atomic mass is 16.5. The SMILES string of the molecule is CC[C@H](O)c1c[nH]c2cccc(OC(C)C)c12. The predicted molar refractivity (Wildman–Crippen MR) is 69.3 cm³/mol. The van der Waals surface area contributed by atoms with Crippen molar-refractivity contribution in [1.29, 1.82) is 0 Å². The van der Waals surface area contributed by atoms with Gasteiger partial charge in [0.1, 0.15) is 5.75 Å². The standard InChI is InChI=1S/C14H19NO2/c1-4-12(16)10-8-15-11-6-5-7-13(14(10)11)17-9(2)3/h5-9,12,15-16H,4H2,1-3H3/t12-/m0/s1. The third kappa shape index (κ3) is 2.29. The molecule has 3 heteroatoms. The average molecular weight is 233 g/mol. The molecule has 1 heterocycles. The van der Waals surface area contributed by atoms with E-state index in [-0.39, 0.29) is 6.10 Å². The summed E-state index contributed by atoms with van der Waals surface area (Å²) in [6.07, 6.45) is 2.25. The van der Waals surface area contributed by atoms with Crippen molar-refractivity contribution in [3.05, 3.63) is 30.0 Å². The number of aromatic amines is 1. The van der Waals surface area contributed by atoms with Gasteiger partial charge in [0, 0.05) is 22.7 Å². The van der Waals surface area contributed by atoms with Gasteiger partial charge in [-0.15, -0.1) is 0 Å². The van der Waals surface area contributed by atoms with Crippen LogP contribution in [-0.4, -0.2) is 16.2 Å². The summed E-state index contributed by atoms with van der Waals surface area (Å²) in [5, 5.41) is 11.0. The lowest BCUT2D eigenvalue weighted by Crippen LogP contribution is -2.06. The summed E-state index contributed by atoms with van der Waals surface area (Å²) in [6, 6.07) is 5.90. The lowest BCUT2D eigenvalue weighted by molar-refractivity contribution is 0.174. The van der Waals surface area contributed by atoms with Crippen molar-refractivity contribution in [1.82, 2.24) is 4.98 Å². The van der Waals surface area contributed by atoms with Crippen LogP contribution < -0.4 is 4.74 Å². The third-order valence-corrected chi connectivity index (χ3v) is 2.81. The van der Waals surface area contributed by atoms with Crippen molar-refractivity contribution in [2.75, 3.05) is 0 Å². The Bertz CT molecular complexity index is 502. The van der Waals surface area contributed by atoms with E-state index in [0.29, 0.717) is 6.42 Å². The fourth-order valence-electron chi connectivity index (χ4n) is 2.01. The molecule has 0 aliphatic heterocycles. The van der Waals surface area contributed by atoms with E-state index in [1.54, 1.807) is 0 Å². The molecule has 0 spiro atoms. The van der Waals surface area contributed by atoms with E-state index >= 15 is 0 Å². The molecular weight excluding hydrogens is 214 g/mol. The molecule has 0 radical (unpaired) electrons. The van der Waals surface area contributed by atoms with Gasteiger partial charge in [-0.2, -0.15) is 0 Å². The quantitative estimate of drug-likeness (QED) is 0.850. The van der Waals surface area contributed by atoms with E-state index in [0.717, 1.165) is 22.2 Å². The van der Waals surface area contributed by atoms with Gasteiger partial charge < -0.3 is 14.8 Å². The first-order valence-electron chi connectivity index (χ1n) is 6.08. The number of hydrogen-bond donors (Lipinski definition) is 2. The van der Waals surface area contributed by atoms with Crippen LogP contribution in [0.4, 0.5) is 0 Å². The van der Waals surface area contributed by atoms with Gasteiger partial charge in [-0.1, -0.05) is 13.0 Å². The number of rotatable bonds is 4. The van der Waals surface area contributed by atoms with Crippen LogP contribution in [0, 0.1) is 0 Å². The molecule has 1 atom stereocenters. The fourth-order valence-corrected chi connectivity index (χ4v) is 2.01. The number of fused-ring (bicyclic) bond motifs is 1. The van der Waals surface area contributed by atoms with Gasteiger partial charge in [-0.05, 0) is 32.4 Å². The Morgan fingerprint density at radius 3 is 2.76 bits per heavy atom. The molecule has 2 aromatic rings. The first-order valence-corrected chi connectivity index (χ1v) is 6.08. The van der Waals surface area contributed by atoms with Crippen molar-refractivity contribution in [3.8, 4) is 5.75 Å². The van der Waals surface area contributed by atoms with Crippen LogP contribution >= 0.6 is 0 Å². The second kappa shape index (κ2) is 4.80. The normalized spacial score (nSPS) is 13.2. The van der Waals surface area contributed by atoms with Crippen LogP contribution in [0.1, 0.15) is 38.9 Å². The summed E-state index contributed by atoms with van der Waals surface area (Å²) < 4.78 is 5.79. The zero-order chi connectivity index (χ0) is 12.4. The maximum Gasteiger partial charge on any atom is 0.129 e. The van der Waals surface area contributed by atoms with Gasteiger partial charge in [0.25, 0.3) is 0 Å². The highest BCUT2D eigenvalue weighted by Gasteiger charge is 2.15. The molecular formula is C14H19NO2. The number of aliphatic hydroxyl groups is 1. The van der Waals surface area contributed by atoms with Gasteiger partial charge in [-0.25, -0.2) is 0 Å². The maximum atomic E-state index is 10.00. The van der Waals surface area contributed by atoms with Gasteiger partial charge in [0.2, 0.25) is 0 Å². The Labute approximate surface area is 101 Å². The molecule has 2 rings (SSSR count). The van der Waals surface area contributed by atoms with Crippen molar-refractivity contribution in [3.63, 3.8) is 0 Å². The lowest BCUT2D eigenvalue weighted by Gasteiger charge is -2.13. The fraction of sp³-hybridized carbons (Fsp3) is 0.429. The number of aliphatic hydroxyl groups excluding tert-OH is 1. The van der Waals surface area contributed by atoms with E-state index < -0.39 is 6.10 Å². The van der Waals surface area contributed by atoms with Crippen LogP contribution in [0.25, 0.3) is 10.9 Å². The summed E-state index contributed by atoms with van der Waals surface area (Å²) in [4.78, 5) is 3.18. The van der Waals surface area contributed by atoms with Gasteiger partial charge in [-0.3, -0.25) is 0 Å². The molecule has 0 unspecified atom stereocenters. The molecule has 3 nitrogen and oxygen atoms in total. The minimum absolute atomic E-state index is 0.127. The summed E-state index contributed by atoms with van der Waals surface area (Å²) in [7, 11) is 0. The summed E-state index contributed by atoms with van der Waals surface area (Å²) in [6.45, 7) is 5.97. The number of hydrogen-bond acceptors (Lipinski definition) is 2. The molecule has 0 saturated carbocycles. The highest BCUT2D eigenvalue weighted by Crippen LogP contribution is 2.33. The molecule has 0 aliphatic rings. The molecule has 0 amide bonds. The number of nitrogens with one attached hydrogen (secondary N) is 1. The molecule has 17 heavy (non-hydrogen) atoms. The van der Waals surface area contributed by atoms with Gasteiger partial charge in [0.05, 0.1) is 12.2 Å². The van der Waals surface area contributed by atoms with Gasteiger partial charge in [0.15, 0.2) is 0 Å². The Morgan fingerprint density at radius 2 is 2.12 bits per heavy atom. The van der Waals surface area contributed by atoms with Crippen LogP contribution in [0.15, 0.2) is 24.4 Å². The molecule has 2 N–H and O–H groups in total. The predicted octanol–water partition coefficient (Wildman–Crippen LogP) is 3.40. The number of ether oxygens (including phenoxy) is 1. The van der Waals surface area contributed by atoms with Crippen LogP contribution in [0.2, 0.25) is 0 Å². The monoisotopic (exact) mass is 233 g/mol. The Morgan fingerprint density at radius 1 is 1.35 bits per heavy atom. The molecule has 0 saturated heterocycles. The third-order valence-electron chi connectivity index (χ3n) is 2.81. The van der Waals surface area contributed by atoms with Crippen molar-refractivity contribution >= 4 is 10.9 Å². The Balaban J connectivity index is 2.55. The molecule has 0 bridgehead atoms. The number of aromatic nitrogens is 1. The van der Waals surface area contributed by atoms with Crippen LogP contribution in [0.5, 0.6) is 5.75 Å². The van der Waals surface area contributed by atoms with Gasteiger partial charge >= 0.3 is 0 Å². The zero-order valence-corrected chi connectivity index (χ0v) is 10.5. The molecule has 92 valence electrons. The van der Waals surface area contributed by atoms with E-state index in [1.165, 1.54) is 0 Å². The topological polar surface area (TPSA) is 45.2 Å². The van der Waals surface area contributed by atoms with E-state index in [9.17, 15) is 5.11 Å². The Hall–Kier alpha value is -1.48. The first-order chi connectivity index (χ1) is 8.13. The number of benzene rings is 1. The zero-order valence-electron chi connectivity index (χ0n) is 10.5. The lowest BCUT2D eigenvalue weighted by atomic mass is 10.1. The minimum Gasteiger partial charge on any atom is -0.490 e. The first kappa shape index (κ1) is 12.0. The van der Waals surface area contributed by atoms with E-state index in [2.05, 4.69) is 4.98 Å². The second-order valence-electron chi connectivity index (χ2n) is 4.51. The number of H-pyrrole nitrogens is 1. The van der Waals surface area contributed by atoms with Crippen molar-refractivity contribution < 1.29 is 9.84 Å². The molecule has 1 aromatic heterocycles. The molecule has 0 aliphatic carbocycles. The molecule has 1 aromatic carbocycles. The van der Waals surface area contributed by atoms with Crippen molar-refractivity contribution in [2.24, 2.45) is 0 Å². The largest absolute Gasteiger partial charge is 0.490 e. The van der Waals surface area contributed by atoms with Crippen LogP contribution in [-0.2, 0) is 0 Å². The van der Waals surface area contributed by atoms with Crippen molar-refractivity contribution in [2.45, 2.75) is 39.4 Å². The molecule has 0 fully saturated rings. The van der Waals surface area contributed by atoms with E-state index in [1.807, 2.05) is 45.2 Å².